The number of hydrogen-bond donors (Lipinski definition) is 3. The second kappa shape index (κ2) is 12.6. The van der Waals surface area contributed by atoms with Gasteiger partial charge in [-0.25, -0.2) is 18.7 Å². The zero-order chi connectivity index (χ0) is 29.7. The van der Waals surface area contributed by atoms with E-state index in [4.69, 9.17) is 10.5 Å². The van der Waals surface area contributed by atoms with Crippen LogP contribution in [0.15, 0.2) is 43.0 Å². The Morgan fingerprint density at radius 3 is 2.68 bits per heavy atom. The van der Waals surface area contributed by atoms with Crippen LogP contribution in [0, 0.1) is 0 Å². The highest BCUT2D eigenvalue weighted by Crippen LogP contribution is 2.37. The van der Waals surface area contributed by atoms with Crippen LogP contribution in [0.2, 0.25) is 0 Å². The Bertz CT molecular complexity index is 1500. The first kappa shape index (κ1) is 29.9. The van der Waals surface area contributed by atoms with Crippen molar-refractivity contribution >= 4 is 23.1 Å². The molecule has 1 aromatic carbocycles. The van der Waals surface area contributed by atoms with Gasteiger partial charge in [-0.2, -0.15) is 18.3 Å². The van der Waals surface area contributed by atoms with Crippen LogP contribution in [-0.2, 0) is 23.9 Å². The predicted octanol–water partition coefficient (Wildman–Crippen LogP) is 4.28. The molecule has 0 aliphatic heterocycles. The third kappa shape index (κ3) is 7.16. The third-order valence-corrected chi connectivity index (χ3v) is 5.97. The summed E-state index contributed by atoms with van der Waals surface area (Å²) >= 11 is 0. The lowest BCUT2D eigenvalue weighted by Crippen LogP contribution is -2.30. The Morgan fingerprint density at radius 2 is 2.00 bits per heavy atom. The van der Waals surface area contributed by atoms with E-state index in [-0.39, 0.29) is 29.1 Å². The minimum atomic E-state index is -4.87. The van der Waals surface area contributed by atoms with Gasteiger partial charge in [0.1, 0.15) is 6.54 Å². The summed E-state index contributed by atoms with van der Waals surface area (Å²) in [5.41, 5.74) is 5.95. The number of nitrogens with two attached hydrogens (primary N) is 1. The van der Waals surface area contributed by atoms with Crippen LogP contribution in [0.1, 0.15) is 35.5 Å². The van der Waals surface area contributed by atoms with Gasteiger partial charge >= 0.3 is 6.18 Å². The second-order valence-electron chi connectivity index (χ2n) is 9.27. The van der Waals surface area contributed by atoms with Crippen molar-refractivity contribution in [2.24, 2.45) is 5.73 Å². The summed E-state index contributed by atoms with van der Waals surface area (Å²) in [4.78, 5) is 21.2. The fourth-order valence-corrected chi connectivity index (χ4v) is 4.18. The summed E-state index contributed by atoms with van der Waals surface area (Å²) in [6.45, 7) is 3.77. The first-order chi connectivity index (χ1) is 19.5. The molecule has 0 aliphatic carbocycles. The van der Waals surface area contributed by atoms with Crippen molar-refractivity contribution < 1.29 is 31.5 Å². The molecule has 15 heteroatoms. The number of amides is 1. The third-order valence-electron chi connectivity index (χ3n) is 5.97. The van der Waals surface area contributed by atoms with E-state index >= 15 is 0 Å². The molecule has 0 spiro atoms. The highest BCUT2D eigenvalue weighted by Gasteiger charge is 2.38. The number of benzene rings is 1. The molecule has 220 valence electrons. The molecular weight excluding hydrogens is 551 g/mol. The molecule has 4 rings (SSSR count). The zero-order valence-electron chi connectivity index (χ0n) is 22.3. The number of carbonyl (C=O) groups excluding carboxylic acids is 1. The van der Waals surface area contributed by atoms with Gasteiger partial charge in [0.2, 0.25) is 0 Å². The number of carbonyl (C=O) groups is 1. The molecule has 4 N–H and O–H groups in total. The SMILES string of the molecule is CCc1cc(Nc2nccn3c(-c4cn(CC(F)F)nc4C(F)(F)F)cnc23)ccc1C(=O)NCCOCC(C)N. The molecule has 1 unspecified atom stereocenters. The molecule has 0 saturated heterocycles. The number of hydrogen-bond acceptors (Lipinski definition) is 7. The summed E-state index contributed by atoms with van der Waals surface area (Å²) in [7, 11) is 0. The molecule has 0 fully saturated rings. The van der Waals surface area contributed by atoms with E-state index in [1.165, 1.54) is 23.0 Å². The van der Waals surface area contributed by atoms with E-state index in [0.29, 0.717) is 42.1 Å². The van der Waals surface area contributed by atoms with E-state index < -0.39 is 30.4 Å². The van der Waals surface area contributed by atoms with Crippen molar-refractivity contribution in [3.8, 4) is 11.3 Å². The topological polar surface area (TPSA) is 124 Å². The Labute approximate surface area is 231 Å². The van der Waals surface area contributed by atoms with E-state index in [0.717, 1.165) is 11.8 Å². The van der Waals surface area contributed by atoms with Crippen molar-refractivity contribution in [1.29, 1.82) is 0 Å². The highest BCUT2D eigenvalue weighted by molar-refractivity contribution is 5.96. The minimum Gasteiger partial charge on any atom is -0.378 e. The lowest BCUT2D eigenvalue weighted by atomic mass is 10.0. The van der Waals surface area contributed by atoms with Gasteiger partial charge in [0.05, 0.1) is 30.7 Å². The first-order valence-electron chi connectivity index (χ1n) is 12.7. The van der Waals surface area contributed by atoms with Crippen molar-refractivity contribution in [3.05, 3.63) is 59.8 Å². The number of rotatable bonds is 12. The average Bonchev–Trinajstić information content (AvgIpc) is 3.52. The van der Waals surface area contributed by atoms with Crippen LogP contribution in [-0.4, -0.2) is 62.3 Å². The van der Waals surface area contributed by atoms with Crippen LogP contribution < -0.4 is 16.4 Å². The summed E-state index contributed by atoms with van der Waals surface area (Å²) < 4.78 is 74.1. The maximum Gasteiger partial charge on any atom is 0.435 e. The molecule has 4 aromatic rings. The van der Waals surface area contributed by atoms with Gasteiger partial charge in [0.15, 0.2) is 17.2 Å². The number of nitrogens with zero attached hydrogens (tertiary/aromatic N) is 5. The van der Waals surface area contributed by atoms with Gasteiger partial charge in [-0.3, -0.25) is 13.9 Å². The van der Waals surface area contributed by atoms with Crippen LogP contribution in [0.5, 0.6) is 0 Å². The molecule has 1 atom stereocenters. The number of aromatic nitrogens is 5. The van der Waals surface area contributed by atoms with Gasteiger partial charge < -0.3 is 21.1 Å². The van der Waals surface area contributed by atoms with Crippen molar-refractivity contribution in [2.75, 3.05) is 25.1 Å². The van der Waals surface area contributed by atoms with Crippen LogP contribution in [0.4, 0.5) is 33.5 Å². The number of aryl methyl sites for hydroxylation is 1. The molecular formula is C26H29F5N8O2. The molecule has 41 heavy (non-hydrogen) atoms. The zero-order valence-corrected chi connectivity index (χ0v) is 22.3. The number of nitrogens with one attached hydrogen (secondary N) is 2. The van der Waals surface area contributed by atoms with E-state index in [2.05, 4.69) is 25.7 Å². The number of halogens is 5. The highest BCUT2D eigenvalue weighted by atomic mass is 19.4. The number of alkyl halides is 5. The Kier molecular flexibility index (Phi) is 9.18. The quantitative estimate of drug-likeness (QED) is 0.169. The lowest BCUT2D eigenvalue weighted by molar-refractivity contribution is -0.141. The normalized spacial score (nSPS) is 12.7. The Morgan fingerprint density at radius 1 is 1.22 bits per heavy atom. The largest absolute Gasteiger partial charge is 0.435 e. The predicted molar refractivity (Wildman–Crippen MR) is 141 cm³/mol. The summed E-state index contributed by atoms with van der Waals surface area (Å²) in [6.07, 6.45) is -2.30. The molecule has 0 aliphatic rings. The van der Waals surface area contributed by atoms with Gasteiger partial charge in [0.25, 0.3) is 12.3 Å². The average molecular weight is 581 g/mol. The summed E-state index contributed by atoms with van der Waals surface area (Å²) in [5.74, 6) is -0.0263. The molecule has 1 amide bonds. The van der Waals surface area contributed by atoms with Gasteiger partial charge in [-0.1, -0.05) is 6.92 Å². The summed E-state index contributed by atoms with van der Waals surface area (Å²) in [6, 6.07) is 5.00. The summed E-state index contributed by atoms with van der Waals surface area (Å²) in [5, 5.41) is 9.25. The van der Waals surface area contributed by atoms with Crippen molar-refractivity contribution in [2.45, 2.75) is 45.5 Å². The number of ether oxygens (including phenoxy) is 1. The maximum absolute atomic E-state index is 13.7. The molecule has 0 radical (unpaired) electrons. The maximum atomic E-state index is 13.7. The number of anilines is 2. The molecule has 0 saturated carbocycles. The Balaban J connectivity index is 1.57. The van der Waals surface area contributed by atoms with Crippen LogP contribution >= 0.6 is 0 Å². The van der Waals surface area contributed by atoms with Crippen molar-refractivity contribution in [1.82, 2.24) is 29.5 Å². The van der Waals surface area contributed by atoms with Gasteiger partial charge in [-0.15, -0.1) is 0 Å². The van der Waals surface area contributed by atoms with Crippen molar-refractivity contribution in [3.63, 3.8) is 0 Å². The lowest BCUT2D eigenvalue weighted by Gasteiger charge is -2.13. The monoisotopic (exact) mass is 580 g/mol. The Hall–Kier alpha value is -4.11. The van der Waals surface area contributed by atoms with Gasteiger partial charge in [-0.05, 0) is 37.1 Å². The number of fused-ring (bicyclic) bond motifs is 1. The fourth-order valence-electron chi connectivity index (χ4n) is 4.18. The first-order valence-corrected chi connectivity index (χ1v) is 12.7. The second-order valence-corrected chi connectivity index (χ2v) is 9.27. The van der Waals surface area contributed by atoms with Gasteiger partial charge in [0, 0.05) is 42.4 Å². The van der Waals surface area contributed by atoms with Crippen LogP contribution in [0.3, 0.4) is 0 Å². The molecule has 0 bridgehead atoms. The minimum absolute atomic E-state index is 0.00413. The van der Waals surface area contributed by atoms with E-state index in [9.17, 15) is 26.7 Å². The van der Waals surface area contributed by atoms with Crippen LogP contribution in [0.25, 0.3) is 16.9 Å². The standard InChI is InChI=1S/C26H29F5N8O2/c1-3-16-10-17(4-5-18(16)25(40)34-7-9-41-14-15(2)32)36-23-24-35-11-20(39(24)8-6-33-23)19-12-38(13-21(27)28)37-22(19)26(29,30)31/h4-6,8,10-12,15,21H,3,7,9,13-14,32H2,1-2H3,(H,33,36)(H,34,40). The van der Waals surface area contributed by atoms with E-state index in [1.54, 1.807) is 18.2 Å². The molecule has 3 heterocycles. The fraction of sp³-hybridized carbons (Fsp3) is 0.385. The molecule has 10 nitrogen and oxygen atoms in total. The number of imidazole rings is 1. The van der Waals surface area contributed by atoms with E-state index in [1.807, 2.05) is 13.8 Å². The molecule has 3 aromatic heterocycles. The smallest absolute Gasteiger partial charge is 0.378 e.